The van der Waals surface area contributed by atoms with Gasteiger partial charge < -0.3 is 4.90 Å². The van der Waals surface area contributed by atoms with Crippen LogP contribution < -0.4 is 0 Å². The molecule has 16 heavy (non-hydrogen) atoms. The Morgan fingerprint density at radius 3 is 2.81 bits per heavy atom. The van der Waals surface area contributed by atoms with Crippen molar-refractivity contribution in [2.75, 3.05) is 19.6 Å². The molecule has 2 nitrogen and oxygen atoms in total. The van der Waals surface area contributed by atoms with Crippen LogP contribution in [0.3, 0.4) is 0 Å². The standard InChI is InChI=1S/C13H19ClN2/c14-12-6-7-15-13(11-12)5-4-10-16-8-2-1-3-9-16/h6-7,11H,1-5,8-10H2. The molecule has 1 aromatic heterocycles. The van der Waals surface area contributed by atoms with Gasteiger partial charge in [0.05, 0.1) is 0 Å². The molecule has 2 rings (SSSR count). The molecule has 1 saturated heterocycles. The minimum absolute atomic E-state index is 0.794. The predicted molar refractivity (Wildman–Crippen MR) is 67.9 cm³/mol. The number of rotatable bonds is 4. The Hall–Kier alpha value is -0.600. The molecule has 0 unspecified atom stereocenters. The Labute approximate surface area is 103 Å². The van der Waals surface area contributed by atoms with Gasteiger partial charge in [0.25, 0.3) is 0 Å². The minimum atomic E-state index is 0.794. The molecule has 0 spiro atoms. The van der Waals surface area contributed by atoms with Crippen LogP contribution in [0.1, 0.15) is 31.4 Å². The van der Waals surface area contributed by atoms with Crippen LogP contribution >= 0.6 is 11.6 Å². The van der Waals surface area contributed by atoms with Crippen molar-refractivity contribution in [2.24, 2.45) is 0 Å². The molecular weight excluding hydrogens is 220 g/mol. The smallest absolute Gasteiger partial charge is 0.0439 e. The highest BCUT2D eigenvalue weighted by molar-refractivity contribution is 6.30. The van der Waals surface area contributed by atoms with Gasteiger partial charge in [-0.15, -0.1) is 0 Å². The van der Waals surface area contributed by atoms with E-state index in [9.17, 15) is 0 Å². The molecule has 0 saturated carbocycles. The number of aryl methyl sites for hydroxylation is 1. The lowest BCUT2D eigenvalue weighted by Crippen LogP contribution is -2.30. The average molecular weight is 239 g/mol. The van der Waals surface area contributed by atoms with E-state index in [1.165, 1.54) is 45.3 Å². The summed E-state index contributed by atoms with van der Waals surface area (Å²) in [4.78, 5) is 6.88. The molecule has 1 aromatic rings. The topological polar surface area (TPSA) is 16.1 Å². The van der Waals surface area contributed by atoms with Crippen LogP contribution in [-0.4, -0.2) is 29.5 Å². The molecule has 0 N–H and O–H groups in total. The molecule has 0 amide bonds. The molecule has 88 valence electrons. The number of piperidine rings is 1. The lowest BCUT2D eigenvalue weighted by Gasteiger charge is -2.26. The largest absolute Gasteiger partial charge is 0.303 e. The van der Waals surface area contributed by atoms with Crippen LogP contribution in [0, 0.1) is 0 Å². The first-order valence-corrected chi connectivity index (χ1v) is 6.55. The number of nitrogens with zero attached hydrogens (tertiary/aromatic N) is 2. The summed E-state index contributed by atoms with van der Waals surface area (Å²) in [6.07, 6.45) is 8.17. The number of likely N-dealkylation sites (tertiary alicyclic amines) is 1. The van der Waals surface area contributed by atoms with Gasteiger partial charge >= 0.3 is 0 Å². The SMILES string of the molecule is Clc1ccnc(CCCN2CCCCC2)c1. The van der Waals surface area contributed by atoms with Gasteiger partial charge in [-0.2, -0.15) is 0 Å². The van der Waals surface area contributed by atoms with Crippen molar-refractivity contribution >= 4 is 11.6 Å². The molecule has 1 fully saturated rings. The molecule has 2 heterocycles. The van der Waals surface area contributed by atoms with E-state index in [0.29, 0.717) is 0 Å². The van der Waals surface area contributed by atoms with Gasteiger partial charge in [-0.1, -0.05) is 18.0 Å². The molecule has 0 aromatic carbocycles. The molecule has 0 bridgehead atoms. The van der Waals surface area contributed by atoms with Crippen molar-refractivity contribution in [1.82, 2.24) is 9.88 Å². The molecule has 1 aliphatic rings. The summed E-state index contributed by atoms with van der Waals surface area (Å²) in [6, 6.07) is 3.80. The quantitative estimate of drug-likeness (QED) is 0.801. The van der Waals surface area contributed by atoms with Gasteiger partial charge in [-0.25, -0.2) is 0 Å². The van der Waals surface area contributed by atoms with E-state index in [2.05, 4.69) is 9.88 Å². The van der Waals surface area contributed by atoms with Crippen molar-refractivity contribution in [2.45, 2.75) is 32.1 Å². The van der Waals surface area contributed by atoms with Crippen LogP contribution in [0.4, 0.5) is 0 Å². The van der Waals surface area contributed by atoms with E-state index < -0.39 is 0 Å². The fourth-order valence-electron chi connectivity index (χ4n) is 2.25. The molecule has 0 atom stereocenters. The first-order valence-electron chi connectivity index (χ1n) is 6.17. The second-order valence-corrected chi connectivity index (χ2v) is 4.91. The minimum Gasteiger partial charge on any atom is -0.303 e. The highest BCUT2D eigenvalue weighted by Crippen LogP contribution is 2.12. The van der Waals surface area contributed by atoms with Crippen LogP contribution in [0.2, 0.25) is 5.02 Å². The lowest BCUT2D eigenvalue weighted by molar-refractivity contribution is 0.226. The molecule has 0 radical (unpaired) electrons. The van der Waals surface area contributed by atoms with Crippen molar-refractivity contribution < 1.29 is 0 Å². The zero-order valence-corrected chi connectivity index (χ0v) is 10.4. The van der Waals surface area contributed by atoms with E-state index in [4.69, 9.17) is 11.6 Å². The van der Waals surface area contributed by atoms with E-state index >= 15 is 0 Å². The Balaban J connectivity index is 1.71. The highest BCUT2D eigenvalue weighted by Gasteiger charge is 2.09. The second-order valence-electron chi connectivity index (χ2n) is 4.47. The van der Waals surface area contributed by atoms with Crippen molar-refractivity contribution in [3.63, 3.8) is 0 Å². The van der Waals surface area contributed by atoms with E-state index in [0.717, 1.165) is 17.1 Å². The van der Waals surface area contributed by atoms with Gasteiger partial charge in [-0.3, -0.25) is 4.98 Å². The zero-order valence-electron chi connectivity index (χ0n) is 9.66. The maximum absolute atomic E-state index is 5.92. The lowest BCUT2D eigenvalue weighted by atomic mass is 10.1. The van der Waals surface area contributed by atoms with Gasteiger partial charge in [0.15, 0.2) is 0 Å². The summed E-state index contributed by atoms with van der Waals surface area (Å²) in [5, 5.41) is 0.794. The first kappa shape index (κ1) is 11.9. The van der Waals surface area contributed by atoms with Gasteiger partial charge in [0.1, 0.15) is 0 Å². The number of pyridine rings is 1. The Morgan fingerprint density at radius 1 is 1.25 bits per heavy atom. The van der Waals surface area contributed by atoms with E-state index in [1.807, 2.05) is 12.1 Å². The number of hydrogen-bond acceptors (Lipinski definition) is 2. The van der Waals surface area contributed by atoms with Crippen molar-refractivity contribution in [1.29, 1.82) is 0 Å². The number of aromatic nitrogens is 1. The summed E-state index contributed by atoms with van der Waals surface area (Å²) < 4.78 is 0. The zero-order chi connectivity index (χ0) is 11.2. The summed E-state index contributed by atoms with van der Waals surface area (Å²) in [5.41, 5.74) is 1.12. The summed E-state index contributed by atoms with van der Waals surface area (Å²) in [7, 11) is 0. The van der Waals surface area contributed by atoms with Gasteiger partial charge in [-0.05, 0) is 57.5 Å². The number of halogens is 1. The normalized spacial score (nSPS) is 17.6. The van der Waals surface area contributed by atoms with Crippen LogP contribution in [0.5, 0.6) is 0 Å². The third kappa shape index (κ3) is 3.76. The fraction of sp³-hybridized carbons (Fsp3) is 0.615. The van der Waals surface area contributed by atoms with Crippen LogP contribution in [0.15, 0.2) is 18.3 Å². The Morgan fingerprint density at radius 2 is 2.06 bits per heavy atom. The average Bonchev–Trinajstić information content (AvgIpc) is 2.30. The van der Waals surface area contributed by atoms with Gasteiger partial charge in [0.2, 0.25) is 0 Å². The molecular formula is C13H19ClN2. The Bertz CT molecular complexity index is 321. The maximum atomic E-state index is 5.92. The second kappa shape index (κ2) is 6.21. The highest BCUT2D eigenvalue weighted by atomic mass is 35.5. The fourth-order valence-corrected chi connectivity index (χ4v) is 2.43. The first-order chi connectivity index (χ1) is 7.84. The van der Waals surface area contributed by atoms with Crippen molar-refractivity contribution in [3.05, 3.63) is 29.0 Å². The molecule has 0 aliphatic carbocycles. The van der Waals surface area contributed by atoms with E-state index in [1.54, 1.807) is 6.20 Å². The summed E-state index contributed by atoms with van der Waals surface area (Å²) in [5.74, 6) is 0. The summed E-state index contributed by atoms with van der Waals surface area (Å²) >= 11 is 5.92. The van der Waals surface area contributed by atoms with E-state index in [-0.39, 0.29) is 0 Å². The molecule has 3 heteroatoms. The van der Waals surface area contributed by atoms with Crippen LogP contribution in [-0.2, 0) is 6.42 Å². The third-order valence-electron chi connectivity index (χ3n) is 3.13. The summed E-state index contributed by atoms with van der Waals surface area (Å²) in [6.45, 7) is 3.76. The monoisotopic (exact) mass is 238 g/mol. The maximum Gasteiger partial charge on any atom is 0.0439 e. The predicted octanol–water partition coefficient (Wildman–Crippen LogP) is 3.15. The van der Waals surface area contributed by atoms with Crippen molar-refractivity contribution in [3.8, 4) is 0 Å². The van der Waals surface area contributed by atoms with Gasteiger partial charge in [0, 0.05) is 16.9 Å². The Kier molecular flexibility index (Phi) is 4.61. The number of hydrogen-bond donors (Lipinski definition) is 0. The third-order valence-corrected chi connectivity index (χ3v) is 3.37. The molecule has 1 aliphatic heterocycles. The van der Waals surface area contributed by atoms with Crippen LogP contribution in [0.25, 0.3) is 0 Å².